The molecule has 30 heavy (non-hydrogen) atoms. The summed E-state index contributed by atoms with van der Waals surface area (Å²) in [5, 5.41) is 6.56. The van der Waals surface area contributed by atoms with Crippen LogP contribution in [-0.2, 0) is 6.42 Å². The number of pyridine rings is 2. The van der Waals surface area contributed by atoms with Gasteiger partial charge in [-0.25, -0.2) is 4.98 Å². The van der Waals surface area contributed by atoms with Gasteiger partial charge >= 0.3 is 0 Å². The van der Waals surface area contributed by atoms with Gasteiger partial charge < -0.3 is 10.6 Å². The highest BCUT2D eigenvalue weighted by Gasteiger charge is 2.14. The summed E-state index contributed by atoms with van der Waals surface area (Å²) in [4.78, 5) is 33.9. The highest BCUT2D eigenvalue weighted by molar-refractivity contribution is 6.08. The first-order valence-corrected chi connectivity index (χ1v) is 9.66. The standard InChI is InChI=1S/C24H20N4O2/c1-2-16-11-13-18(14-12-16)26-23(29)20-9-4-10-21(27-20)24(30)28-19-8-3-6-17-7-5-15-25-22(17)19/h3-15H,2H2,1H3,(H,26,29)(H,28,30). The number of rotatable bonds is 5. The number of carbonyl (C=O) groups is 2. The van der Waals surface area contributed by atoms with E-state index in [0.29, 0.717) is 16.9 Å². The summed E-state index contributed by atoms with van der Waals surface area (Å²) in [7, 11) is 0. The molecule has 0 radical (unpaired) electrons. The molecule has 0 fully saturated rings. The average Bonchev–Trinajstić information content (AvgIpc) is 2.80. The minimum atomic E-state index is -0.407. The summed E-state index contributed by atoms with van der Waals surface area (Å²) in [5.41, 5.74) is 3.46. The van der Waals surface area contributed by atoms with E-state index in [9.17, 15) is 9.59 Å². The van der Waals surface area contributed by atoms with E-state index < -0.39 is 5.91 Å². The van der Waals surface area contributed by atoms with Gasteiger partial charge in [-0.15, -0.1) is 0 Å². The molecule has 0 atom stereocenters. The van der Waals surface area contributed by atoms with Crippen LogP contribution in [0.2, 0.25) is 0 Å². The lowest BCUT2D eigenvalue weighted by atomic mass is 10.1. The first kappa shape index (κ1) is 19.3. The number of nitrogens with one attached hydrogen (secondary N) is 2. The molecule has 2 aromatic carbocycles. The first-order valence-electron chi connectivity index (χ1n) is 9.66. The van der Waals surface area contributed by atoms with E-state index in [2.05, 4.69) is 27.5 Å². The zero-order chi connectivity index (χ0) is 20.9. The van der Waals surface area contributed by atoms with Crippen LogP contribution in [0.25, 0.3) is 10.9 Å². The largest absolute Gasteiger partial charge is 0.321 e. The van der Waals surface area contributed by atoms with E-state index in [1.165, 1.54) is 5.56 Å². The van der Waals surface area contributed by atoms with Gasteiger partial charge in [-0.1, -0.05) is 43.3 Å². The molecule has 4 rings (SSSR count). The van der Waals surface area contributed by atoms with E-state index in [0.717, 1.165) is 11.8 Å². The van der Waals surface area contributed by atoms with Gasteiger partial charge in [0, 0.05) is 17.3 Å². The van der Waals surface area contributed by atoms with E-state index in [1.54, 1.807) is 30.5 Å². The average molecular weight is 396 g/mol. The maximum atomic E-state index is 12.7. The number of hydrogen-bond donors (Lipinski definition) is 2. The maximum Gasteiger partial charge on any atom is 0.274 e. The number of aryl methyl sites for hydroxylation is 1. The van der Waals surface area contributed by atoms with E-state index in [-0.39, 0.29) is 17.3 Å². The third-order valence-electron chi connectivity index (χ3n) is 4.72. The molecular formula is C24H20N4O2. The number of nitrogens with zero attached hydrogens (tertiary/aromatic N) is 2. The van der Waals surface area contributed by atoms with E-state index in [4.69, 9.17) is 0 Å². The molecule has 2 N–H and O–H groups in total. The molecule has 2 aromatic heterocycles. The fourth-order valence-electron chi connectivity index (χ4n) is 3.10. The first-order chi connectivity index (χ1) is 14.6. The van der Waals surface area contributed by atoms with Crippen molar-refractivity contribution in [3.05, 3.63) is 95.9 Å². The molecule has 0 aliphatic heterocycles. The molecule has 4 aromatic rings. The van der Waals surface area contributed by atoms with Gasteiger partial charge in [-0.2, -0.15) is 0 Å². The molecule has 0 unspecified atom stereocenters. The third kappa shape index (κ3) is 4.17. The molecular weight excluding hydrogens is 376 g/mol. The number of fused-ring (bicyclic) bond motifs is 1. The Morgan fingerprint density at radius 1 is 0.800 bits per heavy atom. The van der Waals surface area contributed by atoms with Gasteiger partial charge in [0.25, 0.3) is 11.8 Å². The topological polar surface area (TPSA) is 84.0 Å². The monoisotopic (exact) mass is 396 g/mol. The molecule has 0 bridgehead atoms. The van der Waals surface area contributed by atoms with Crippen molar-refractivity contribution in [2.45, 2.75) is 13.3 Å². The van der Waals surface area contributed by atoms with Gasteiger partial charge in [0.05, 0.1) is 11.2 Å². The summed E-state index contributed by atoms with van der Waals surface area (Å²) in [5.74, 6) is -0.782. The normalized spacial score (nSPS) is 10.6. The van der Waals surface area contributed by atoms with Crippen LogP contribution in [0.3, 0.4) is 0 Å². The van der Waals surface area contributed by atoms with Crippen LogP contribution in [-0.4, -0.2) is 21.8 Å². The van der Waals surface area contributed by atoms with Crippen LogP contribution >= 0.6 is 0 Å². The van der Waals surface area contributed by atoms with Crippen LogP contribution in [0, 0.1) is 0 Å². The van der Waals surface area contributed by atoms with Crippen LogP contribution < -0.4 is 10.6 Å². The van der Waals surface area contributed by atoms with Crippen molar-refractivity contribution in [1.82, 2.24) is 9.97 Å². The highest BCUT2D eigenvalue weighted by Crippen LogP contribution is 2.21. The van der Waals surface area contributed by atoms with Gasteiger partial charge in [-0.3, -0.25) is 14.6 Å². The molecule has 148 valence electrons. The zero-order valence-corrected chi connectivity index (χ0v) is 16.4. The summed E-state index contributed by atoms with van der Waals surface area (Å²) in [6.07, 6.45) is 2.60. The Kier molecular flexibility index (Phi) is 5.48. The predicted octanol–water partition coefficient (Wildman–Crippen LogP) is 4.70. The van der Waals surface area contributed by atoms with E-state index in [1.807, 2.05) is 48.5 Å². The van der Waals surface area contributed by atoms with Crippen molar-refractivity contribution in [2.24, 2.45) is 0 Å². The maximum absolute atomic E-state index is 12.7. The quantitative estimate of drug-likeness (QED) is 0.512. The predicted molar refractivity (Wildman–Crippen MR) is 118 cm³/mol. The van der Waals surface area contributed by atoms with Crippen molar-refractivity contribution in [2.75, 3.05) is 10.6 Å². The van der Waals surface area contributed by atoms with Gasteiger partial charge in [0.2, 0.25) is 0 Å². The lowest BCUT2D eigenvalue weighted by Gasteiger charge is -2.09. The Morgan fingerprint density at radius 3 is 2.20 bits per heavy atom. The minimum Gasteiger partial charge on any atom is -0.321 e. The van der Waals surface area contributed by atoms with Gasteiger partial charge in [-0.05, 0) is 48.4 Å². The molecule has 6 heteroatoms. The second-order valence-electron chi connectivity index (χ2n) is 6.75. The molecule has 2 amide bonds. The fraction of sp³-hybridized carbons (Fsp3) is 0.0833. The molecule has 6 nitrogen and oxygen atoms in total. The lowest BCUT2D eigenvalue weighted by Crippen LogP contribution is -2.18. The van der Waals surface area contributed by atoms with Crippen molar-refractivity contribution in [3.63, 3.8) is 0 Å². The van der Waals surface area contributed by atoms with Crippen molar-refractivity contribution in [3.8, 4) is 0 Å². The smallest absolute Gasteiger partial charge is 0.274 e. The molecule has 0 aliphatic carbocycles. The molecule has 0 spiro atoms. The fourth-order valence-corrected chi connectivity index (χ4v) is 3.10. The second-order valence-corrected chi connectivity index (χ2v) is 6.75. The molecule has 2 heterocycles. The van der Waals surface area contributed by atoms with Crippen molar-refractivity contribution < 1.29 is 9.59 Å². The number of benzene rings is 2. The Bertz CT molecular complexity index is 1210. The van der Waals surface area contributed by atoms with Crippen LogP contribution in [0.1, 0.15) is 33.5 Å². The van der Waals surface area contributed by atoms with Crippen LogP contribution in [0.15, 0.2) is 79.0 Å². The highest BCUT2D eigenvalue weighted by atomic mass is 16.2. The van der Waals surface area contributed by atoms with Crippen LogP contribution in [0.5, 0.6) is 0 Å². The zero-order valence-electron chi connectivity index (χ0n) is 16.4. The Hall–Kier alpha value is -4.06. The van der Waals surface area contributed by atoms with Gasteiger partial charge in [0.15, 0.2) is 0 Å². The van der Waals surface area contributed by atoms with E-state index >= 15 is 0 Å². The second kappa shape index (κ2) is 8.53. The van der Waals surface area contributed by atoms with Crippen molar-refractivity contribution >= 4 is 34.1 Å². The number of carbonyl (C=O) groups excluding carboxylic acids is 2. The summed E-state index contributed by atoms with van der Waals surface area (Å²) in [6, 6.07) is 21.7. The summed E-state index contributed by atoms with van der Waals surface area (Å²) >= 11 is 0. The molecule has 0 aliphatic rings. The molecule has 0 saturated carbocycles. The Balaban J connectivity index is 1.52. The number of amides is 2. The third-order valence-corrected chi connectivity index (χ3v) is 4.72. The number of para-hydroxylation sites is 1. The number of anilines is 2. The summed E-state index contributed by atoms with van der Waals surface area (Å²) < 4.78 is 0. The summed E-state index contributed by atoms with van der Waals surface area (Å²) in [6.45, 7) is 2.07. The number of aromatic nitrogens is 2. The number of hydrogen-bond acceptors (Lipinski definition) is 4. The van der Waals surface area contributed by atoms with Gasteiger partial charge in [0.1, 0.15) is 11.4 Å². The Morgan fingerprint density at radius 2 is 1.47 bits per heavy atom. The van der Waals surface area contributed by atoms with Crippen LogP contribution in [0.4, 0.5) is 11.4 Å². The Labute approximate surface area is 174 Å². The lowest BCUT2D eigenvalue weighted by molar-refractivity contribution is 0.101. The molecule has 0 saturated heterocycles. The SMILES string of the molecule is CCc1ccc(NC(=O)c2cccc(C(=O)Nc3cccc4cccnc34)n2)cc1. The minimum absolute atomic E-state index is 0.150. The van der Waals surface area contributed by atoms with Crippen molar-refractivity contribution in [1.29, 1.82) is 0 Å².